The number of thiophene rings is 1. The van der Waals surface area contributed by atoms with E-state index in [0.717, 1.165) is 27.5 Å². The van der Waals surface area contributed by atoms with Crippen LogP contribution < -0.4 is 9.47 Å². The summed E-state index contributed by atoms with van der Waals surface area (Å²) in [5.74, 6) is 0.583. The van der Waals surface area contributed by atoms with E-state index in [1.165, 1.54) is 11.3 Å². The Morgan fingerprint density at radius 2 is 2.10 bits per heavy atom. The van der Waals surface area contributed by atoms with Gasteiger partial charge in [0.2, 0.25) is 6.79 Å². The van der Waals surface area contributed by atoms with Crippen LogP contribution in [0.4, 0.5) is 0 Å². The van der Waals surface area contributed by atoms with Gasteiger partial charge < -0.3 is 19.3 Å². The number of benzene rings is 1. The first-order valence-corrected chi connectivity index (χ1v) is 7.24. The van der Waals surface area contributed by atoms with E-state index in [1.54, 1.807) is 6.07 Å². The quantitative estimate of drug-likeness (QED) is 0.919. The molecule has 0 aliphatic carbocycles. The monoisotopic (exact) mass is 306 g/mol. The first-order valence-electron chi connectivity index (χ1n) is 6.42. The zero-order chi connectivity index (χ0) is 14.8. The molecule has 110 valence electrons. The van der Waals surface area contributed by atoms with Gasteiger partial charge in [0.05, 0.1) is 13.2 Å². The Labute approximate surface area is 125 Å². The predicted octanol–water partition coefficient (Wildman–Crippen LogP) is 3.20. The molecule has 1 aliphatic heterocycles. The first-order chi connectivity index (χ1) is 10.1. The summed E-state index contributed by atoms with van der Waals surface area (Å²) in [6, 6.07) is 7.35. The van der Waals surface area contributed by atoms with Gasteiger partial charge in [-0.15, -0.1) is 11.3 Å². The van der Waals surface area contributed by atoms with Gasteiger partial charge in [-0.05, 0) is 36.2 Å². The second-order valence-corrected chi connectivity index (χ2v) is 5.93. The van der Waals surface area contributed by atoms with Crippen molar-refractivity contribution in [2.75, 3.05) is 6.79 Å². The fraction of sp³-hybridized carbons (Fsp3) is 0.267. The van der Waals surface area contributed by atoms with E-state index in [2.05, 4.69) is 0 Å². The van der Waals surface area contributed by atoms with E-state index in [1.807, 2.05) is 25.1 Å². The van der Waals surface area contributed by atoms with Gasteiger partial charge in [-0.25, -0.2) is 4.79 Å². The maximum absolute atomic E-state index is 10.9. The zero-order valence-corrected chi connectivity index (χ0v) is 12.2. The third kappa shape index (κ3) is 3.01. The lowest BCUT2D eigenvalue weighted by Crippen LogP contribution is -1.95. The molecule has 3 rings (SSSR count). The second-order valence-electron chi connectivity index (χ2n) is 4.68. The smallest absolute Gasteiger partial charge is 0.345 e. The molecular formula is C15H14O5S. The molecule has 0 saturated heterocycles. The molecule has 0 amide bonds. The van der Waals surface area contributed by atoms with Crippen molar-refractivity contribution < 1.29 is 24.1 Å². The van der Waals surface area contributed by atoms with Crippen LogP contribution in [0, 0.1) is 6.92 Å². The zero-order valence-electron chi connectivity index (χ0n) is 11.4. The Kier molecular flexibility index (Phi) is 3.81. The van der Waals surface area contributed by atoms with Crippen molar-refractivity contribution in [1.29, 1.82) is 0 Å². The van der Waals surface area contributed by atoms with Crippen molar-refractivity contribution in [3.05, 3.63) is 45.1 Å². The van der Waals surface area contributed by atoms with E-state index in [-0.39, 0.29) is 6.79 Å². The summed E-state index contributed by atoms with van der Waals surface area (Å²) >= 11 is 1.27. The highest BCUT2D eigenvalue weighted by molar-refractivity contribution is 7.14. The van der Waals surface area contributed by atoms with Gasteiger partial charge in [-0.2, -0.15) is 0 Å². The van der Waals surface area contributed by atoms with E-state index >= 15 is 0 Å². The number of hydrogen-bond acceptors (Lipinski definition) is 5. The van der Waals surface area contributed by atoms with Crippen molar-refractivity contribution >= 4 is 17.3 Å². The molecule has 0 saturated carbocycles. The Hall–Kier alpha value is -2.05. The Morgan fingerprint density at radius 3 is 2.86 bits per heavy atom. The fourth-order valence-electron chi connectivity index (χ4n) is 2.08. The maximum atomic E-state index is 10.9. The number of carboxylic acids is 1. The Bertz CT molecular complexity index is 677. The Balaban J connectivity index is 1.60. The molecule has 1 N–H and O–H groups in total. The SMILES string of the molecule is Cc1sc(C(=O)O)cc1COCc1ccc2c(c1)OCO2. The van der Waals surface area contributed by atoms with E-state index in [0.29, 0.717) is 18.1 Å². The lowest BCUT2D eigenvalue weighted by Gasteiger charge is -2.05. The number of hydrogen-bond donors (Lipinski definition) is 1. The van der Waals surface area contributed by atoms with Crippen LogP contribution in [0.1, 0.15) is 25.7 Å². The van der Waals surface area contributed by atoms with Crippen molar-refractivity contribution in [2.45, 2.75) is 20.1 Å². The molecule has 0 radical (unpaired) electrons. The summed E-state index contributed by atoms with van der Waals surface area (Å²) in [6.07, 6.45) is 0. The van der Waals surface area contributed by atoms with Crippen LogP contribution in [0.5, 0.6) is 11.5 Å². The minimum atomic E-state index is -0.898. The lowest BCUT2D eigenvalue weighted by molar-refractivity contribution is 0.0701. The molecular weight excluding hydrogens is 292 g/mol. The molecule has 2 heterocycles. The van der Waals surface area contributed by atoms with Crippen LogP contribution >= 0.6 is 11.3 Å². The fourth-order valence-corrected chi connectivity index (χ4v) is 2.95. The topological polar surface area (TPSA) is 65.0 Å². The van der Waals surface area contributed by atoms with Crippen LogP contribution in [0.2, 0.25) is 0 Å². The molecule has 0 atom stereocenters. The highest BCUT2D eigenvalue weighted by atomic mass is 32.1. The average Bonchev–Trinajstić information content (AvgIpc) is 3.05. The second kappa shape index (κ2) is 5.75. The van der Waals surface area contributed by atoms with Crippen LogP contribution in [0.15, 0.2) is 24.3 Å². The molecule has 5 nitrogen and oxygen atoms in total. The summed E-state index contributed by atoms with van der Waals surface area (Å²) in [6.45, 7) is 2.99. The van der Waals surface area contributed by atoms with E-state index in [9.17, 15) is 4.79 Å². The number of carbonyl (C=O) groups is 1. The van der Waals surface area contributed by atoms with Crippen molar-refractivity contribution in [2.24, 2.45) is 0 Å². The van der Waals surface area contributed by atoms with Gasteiger partial charge >= 0.3 is 5.97 Å². The highest BCUT2D eigenvalue weighted by Gasteiger charge is 2.14. The summed E-state index contributed by atoms with van der Waals surface area (Å²) in [4.78, 5) is 12.2. The molecule has 21 heavy (non-hydrogen) atoms. The summed E-state index contributed by atoms with van der Waals surface area (Å²) in [5.41, 5.74) is 1.91. The maximum Gasteiger partial charge on any atom is 0.345 e. The van der Waals surface area contributed by atoms with Crippen LogP contribution in [0.3, 0.4) is 0 Å². The molecule has 1 aromatic carbocycles. The number of ether oxygens (including phenoxy) is 3. The van der Waals surface area contributed by atoms with Gasteiger partial charge in [0.1, 0.15) is 4.88 Å². The number of rotatable bonds is 5. The molecule has 0 spiro atoms. The molecule has 1 aromatic heterocycles. The van der Waals surface area contributed by atoms with Crippen LogP contribution in [-0.2, 0) is 18.0 Å². The molecule has 0 bridgehead atoms. The Morgan fingerprint density at radius 1 is 1.29 bits per heavy atom. The van der Waals surface area contributed by atoms with Crippen LogP contribution in [0.25, 0.3) is 0 Å². The molecule has 2 aromatic rings. The largest absolute Gasteiger partial charge is 0.477 e. The van der Waals surface area contributed by atoms with Gasteiger partial charge in [0, 0.05) is 4.88 Å². The normalized spacial score (nSPS) is 12.6. The molecule has 0 unspecified atom stereocenters. The van der Waals surface area contributed by atoms with Gasteiger partial charge in [-0.1, -0.05) is 6.07 Å². The molecule has 0 fully saturated rings. The summed E-state index contributed by atoms with van der Waals surface area (Å²) in [7, 11) is 0. The standard InChI is InChI=1S/C15H14O5S/c1-9-11(5-14(21-9)15(16)17)7-18-6-10-2-3-12-13(4-10)20-8-19-12/h2-5H,6-8H2,1H3,(H,16,17). The number of aryl methyl sites for hydroxylation is 1. The van der Waals surface area contributed by atoms with Crippen molar-refractivity contribution in [3.8, 4) is 11.5 Å². The summed E-state index contributed by atoms with van der Waals surface area (Å²) < 4.78 is 16.2. The lowest BCUT2D eigenvalue weighted by atomic mass is 10.2. The first kappa shape index (κ1) is 13.9. The van der Waals surface area contributed by atoms with Gasteiger partial charge in [-0.3, -0.25) is 0 Å². The number of aromatic carboxylic acids is 1. The molecule has 1 aliphatic rings. The number of carboxylic acid groups (broad SMARTS) is 1. The van der Waals surface area contributed by atoms with E-state index in [4.69, 9.17) is 19.3 Å². The highest BCUT2D eigenvalue weighted by Crippen LogP contribution is 2.32. The van der Waals surface area contributed by atoms with Crippen molar-refractivity contribution in [3.63, 3.8) is 0 Å². The van der Waals surface area contributed by atoms with Crippen molar-refractivity contribution in [1.82, 2.24) is 0 Å². The average molecular weight is 306 g/mol. The van der Waals surface area contributed by atoms with Gasteiger partial charge in [0.15, 0.2) is 11.5 Å². The van der Waals surface area contributed by atoms with E-state index < -0.39 is 5.97 Å². The van der Waals surface area contributed by atoms with Crippen LogP contribution in [-0.4, -0.2) is 17.9 Å². The van der Waals surface area contributed by atoms with Gasteiger partial charge in [0.25, 0.3) is 0 Å². The summed E-state index contributed by atoms with van der Waals surface area (Å²) in [5, 5.41) is 8.96. The predicted molar refractivity (Wildman–Crippen MR) is 77.1 cm³/mol. The minimum absolute atomic E-state index is 0.256. The third-order valence-electron chi connectivity index (χ3n) is 3.19. The molecule has 6 heteroatoms. The third-order valence-corrected chi connectivity index (χ3v) is 4.28. The minimum Gasteiger partial charge on any atom is -0.477 e. The number of fused-ring (bicyclic) bond motifs is 1.